The molecule has 0 unspecified atom stereocenters. The average molecular weight is 619 g/mol. The first-order valence-electron chi connectivity index (χ1n) is 15.1. The van der Waals surface area contributed by atoms with E-state index in [0.29, 0.717) is 66.9 Å². The summed E-state index contributed by atoms with van der Waals surface area (Å²) < 4.78 is 20.5. The highest BCUT2D eigenvalue weighted by Gasteiger charge is 2.25. The number of anilines is 1. The van der Waals surface area contributed by atoms with Crippen molar-refractivity contribution in [2.24, 2.45) is 0 Å². The molecule has 1 aliphatic rings. The van der Waals surface area contributed by atoms with Crippen molar-refractivity contribution in [3.8, 4) is 23.3 Å². The fourth-order valence-corrected chi connectivity index (χ4v) is 5.55. The molecule has 11 nitrogen and oxygen atoms in total. The quantitative estimate of drug-likeness (QED) is 0.161. The van der Waals surface area contributed by atoms with Crippen LogP contribution >= 0.6 is 0 Å². The van der Waals surface area contributed by atoms with Crippen LogP contribution in [-0.4, -0.2) is 63.8 Å². The monoisotopic (exact) mass is 618 g/mol. The van der Waals surface area contributed by atoms with Crippen LogP contribution in [0.4, 0.5) is 5.82 Å². The molecule has 3 heterocycles. The summed E-state index contributed by atoms with van der Waals surface area (Å²) in [5, 5.41) is 14.6. The van der Waals surface area contributed by atoms with Crippen molar-refractivity contribution in [1.82, 2.24) is 19.2 Å². The van der Waals surface area contributed by atoms with E-state index < -0.39 is 0 Å². The van der Waals surface area contributed by atoms with E-state index in [2.05, 4.69) is 11.2 Å². The normalized spacial score (nSPS) is 13.1. The van der Waals surface area contributed by atoms with Gasteiger partial charge in [-0.25, -0.2) is 4.68 Å². The highest BCUT2D eigenvalue weighted by atomic mass is 16.5. The van der Waals surface area contributed by atoms with Gasteiger partial charge in [-0.15, -0.1) is 0 Å². The van der Waals surface area contributed by atoms with E-state index in [-0.39, 0.29) is 29.8 Å². The molecule has 0 radical (unpaired) electrons. The number of nitrogens with two attached hydrogens (primary N) is 1. The lowest BCUT2D eigenvalue weighted by Crippen LogP contribution is -2.40. The summed E-state index contributed by atoms with van der Waals surface area (Å²) in [7, 11) is 0. The minimum Gasteiger partial charge on any atom is -0.456 e. The lowest BCUT2D eigenvalue weighted by molar-refractivity contribution is 0.0303. The maximum absolute atomic E-state index is 14.1. The molecule has 1 saturated heterocycles. The number of para-hydroxylation sites is 1. The Hall–Kier alpha value is -5.44. The molecule has 2 N–H and O–H groups in total. The Bertz CT molecular complexity index is 1960. The number of nitriles is 1. The van der Waals surface area contributed by atoms with E-state index in [4.69, 9.17) is 19.9 Å². The van der Waals surface area contributed by atoms with E-state index in [1.807, 2.05) is 36.6 Å². The molecule has 6 rings (SSSR count). The number of carbonyl (C=O) groups excluding carboxylic acids is 2. The zero-order valence-corrected chi connectivity index (χ0v) is 25.7. The second-order valence-electron chi connectivity index (χ2n) is 11.0. The maximum atomic E-state index is 14.1. The number of nitrogens with zero attached hydrogens (tertiary/aromatic N) is 5. The summed E-state index contributed by atoms with van der Waals surface area (Å²) in [4.78, 5) is 29.0. The number of rotatable bonds is 10. The molecule has 1 aliphatic heterocycles. The van der Waals surface area contributed by atoms with E-state index in [0.717, 1.165) is 22.9 Å². The van der Waals surface area contributed by atoms with Crippen molar-refractivity contribution >= 4 is 28.4 Å². The van der Waals surface area contributed by atoms with Crippen molar-refractivity contribution in [3.63, 3.8) is 0 Å². The number of amides is 1. The molecule has 0 atom stereocenters. The van der Waals surface area contributed by atoms with Crippen LogP contribution in [0.5, 0.6) is 11.5 Å². The predicted octanol–water partition coefficient (Wildman–Crippen LogP) is 5.47. The van der Waals surface area contributed by atoms with Gasteiger partial charge >= 0.3 is 0 Å². The first-order chi connectivity index (χ1) is 22.4. The van der Waals surface area contributed by atoms with Crippen LogP contribution in [0.25, 0.3) is 16.6 Å². The Morgan fingerprint density at radius 3 is 2.63 bits per heavy atom. The molecule has 0 saturated carbocycles. The first-order valence-corrected chi connectivity index (χ1v) is 15.1. The summed E-state index contributed by atoms with van der Waals surface area (Å²) in [6.07, 6.45) is 2.29. The number of fused-ring (bicyclic) bond motifs is 1. The number of ether oxygens (including phenoxy) is 3. The van der Waals surface area contributed by atoms with E-state index in [9.17, 15) is 14.9 Å². The number of aryl methyl sites for hydroxylation is 1. The van der Waals surface area contributed by atoms with Gasteiger partial charge in [0.2, 0.25) is 5.78 Å². The van der Waals surface area contributed by atoms with Crippen molar-refractivity contribution in [3.05, 3.63) is 101 Å². The van der Waals surface area contributed by atoms with Gasteiger partial charge in [0.05, 0.1) is 47.4 Å². The second-order valence-corrected chi connectivity index (χ2v) is 11.0. The molecule has 2 aromatic heterocycles. The van der Waals surface area contributed by atoms with Gasteiger partial charge in [-0.05, 0) is 73.5 Å². The number of ketones is 1. The molecule has 0 aliphatic carbocycles. The Balaban J connectivity index is 1.31. The van der Waals surface area contributed by atoms with Crippen LogP contribution in [0, 0.1) is 18.3 Å². The molecular formula is C35H34N6O5. The Morgan fingerprint density at radius 2 is 1.87 bits per heavy atom. The van der Waals surface area contributed by atoms with Crippen molar-refractivity contribution < 1.29 is 23.8 Å². The standard InChI is InChI=1S/C35H34N6O5/c1-3-14-45-22-40-30-10-8-24(35(43)39-12-15-44-16-13-39)18-26(30)19-31(40)33(42)28-21-38-41(34(28)37)29-11-9-27(17-23(29)2)46-32-7-5-4-6-25(32)20-36/h4-11,17-19,21H,3,12-16,22,37H2,1-2H3. The van der Waals surface area contributed by atoms with Crippen molar-refractivity contribution in [2.45, 2.75) is 27.0 Å². The van der Waals surface area contributed by atoms with Crippen LogP contribution < -0.4 is 10.5 Å². The van der Waals surface area contributed by atoms with Gasteiger partial charge in [-0.2, -0.15) is 10.4 Å². The molecular weight excluding hydrogens is 584 g/mol. The molecule has 1 amide bonds. The first kappa shape index (κ1) is 30.6. The average Bonchev–Trinajstić information content (AvgIpc) is 3.64. The maximum Gasteiger partial charge on any atom is 0.254 e. The van der Waals surface area contributed by atoms with Crippen molar-refractivity contribution in [2.75, 3.05) is 38.6 Å². The van der Waals surface area contributed by atoms with Crippen LogP contribution in [0.1, 0.15) is 50.9 Å². The Labute approximate surface area is 266 Å². The number of morpholine rings is 1. The predicted molar refractivity (Wildman–Crippen MR) is 172 cm³/mol. The zero-order chi connectivity index (χ0) is 32.2. The molecule has 3 aromatic carbocycles. The fraction of sp³-hybridized carbons (Fsp3) is 0.257. The smallest absolute Gasteiger partial charge is 0.254 e. The Morgan fingerprint density at radius 1 is 1.07 bits per heavy atom. The highest BCUT2D eigenvalue weighted by Crippen LogP contribution is 2.30. The molecule has 5 aromatic rings. The molecule has 0 spiro atoms. The number of hydrogen-bond acceptors (Lipinski definition) is 8. The number of hydrogen-bond donors (Lipinski definition) is 1. The third-order valence-electron chi connectivity index (χ3n) is 7.93. The van der Waals surface area contributed by atoms with E-state index in [1.165, 1.54) is 10.9 Å². The second kappa shape index (κ2) is 13.3. The van der Waals surface area contributed by atoms with Gasteiger partial charge in [0, 0.05) is 30.6 Å². The minimum absolute atomic E-state index is 0.0698. The van der Waals surface area contributed by atoms with Gasteiger partial charge in [-0.3, -0.25) is 9.59 Å². The summed E-state index contributed by atoms with van der Waals surface area (Å²) in [6, 6.07) is 21.8. The number of nitrogen functional groups attached to an aromatic ring is 1. The molecule has 46 heavy (non-hydrogen) atoms. The fourth-order valence-electron chi connectivity index (χ4n) is 5.55. The topological polar surface area (TPSA) is 138 Å². The number of aromatic nitrogens is 3. The lowest BCUT2D eigenvalue weighted by Gasteiger charge is -2.26. The van der Waals surface area contributed by atoms with Gasteiger partial charge in [0.1, 0.15) is 30.1 Å². The summed E-state index contributed by atoms with van der Waals surface area (Å²) in [6.45, 7) is 6.72. The van der Waals surface area contributed by atoms with Crippen molar-refractivity contribution in [1.29, 1.82) is 5.26 Å². The summed E-state index contributed by atoms with van der Waals surface area (Å²) >= 11 is 0. The van der Waals surface area contributed by atoms with E-state index in [1.54, 1.807) is 53.4 Å². The SMILES string of the molecule is CCCOCn1c(C(=O)c2cnn(-c3ccc(Oc4ccccc4C#N)cc3C)c2N)cc2cc(C(=O)N3CCOCC3)ccc21. The Kier molecular flexibility index (Phi) is 8.83. The summed E-state index contributed by atoms with van der Waals surface area (Å²) in [5.41, 5.74) is 10.4. The van der Waals surface area contributed by atoms with Crippen LogP contribution in [-0.2, 0) is 16.2 Å². The van der Waals surface area contributed by atoms with Gasteiger partial charge in [0.25, 0.3) is 5.91 Å². The van der Waals surface area contributed by atoms with Gasteiger partial charge in [-0.1, -0.05) is 19.1 Å². The third-order valence-corrected chi connectivity index (χ3v) is 7.93. The lowest BCUT2D eigenvalue weighted by atomic mass is 10.1. The van der Waals surface area contributed by atoms with Gasteiger partial charge < -0.3 is 29.4 Å². The molecule has 0 bridgehead atoms. The van der Waals surface area contributed by atoms with Crippen LogP contribution in [0.2, 0.25) is 0 Å². The van der Waals surface area contributed by atoms with Crippen LogP contribution in [0.15, 0.2) is 72.9 Å². The number of benzene rings is 3. The highest BCUT2D eigenvalue weighted by molar-refractivity contribution is 6.13. The van der Waals surface area contributed by atoms with Gasteiger partial charge in [0.15, 0.2) is 0 Å². The molecule has 11 heteroatoms. The molecule has 1 fully saturated rings. The summed E-state index contributed by atoms with van der Waals surface area (Å²) in [5.74, 6) is 0.811. The molecule has 234 valence electrons. The van der Waals surface area contributed by atoms with E-state index >= 15 is 0 Å². The third kappa shape index (κ3) is 5.96. The number of carbonyl (C=O) groups is 2. The minimum atomic E-state index is -0.313. The van der Waals surface area contributed by atoms with Crippen LogP contribution in [0.3, 0.4) is 0 Å². The zero-order valence-electron chi connectivity index (χ0n) is 25.7. The largest absolute Gasteiger partial charge is 0.456 e.